The summed E-state index contributed by atoms with van der Waals surface area (Å²) < 4.78 is 0.989. The fourth-order valence-corrected chi connectivity index (χ4v) is 2.05. The molecule has 0 spiro atoms. The first-order valence-corrected chi connectivity index (χ1v) is 6.52. The van der Waals surface area contributed by atoms with Crippen LogP contribution in [0.1, 0.15) is 38.8 Å². The molecule has 0 heterocycles. The minimum absolute atomic E-state index is 0.0625. The van der Waals surface area contributed by atoms with E-state index in [2.05, 4.69) is 21.2 Å². The molecule has 0 aliphatic carbocycles. The quantitative estimate of drug-likeness (QED) is 0.898. The van der Waals surface area contributed by atoms with Crippen molar-refractivity contribution in [2.24, 2.45) is 5.73 Å². The molecule has 3 N–H and O–H groups in total. The van der Waals surface area contributed by atoms with Gasteiger partial charge >= 0.3 is 0 Å². The molecular formula is C13H19BrN2O. The number of carbonyl (C=O) groups is 1. The number of nitrogens with two attached hydrogens (primary N) is 1. The van der Waals surface area contributed by atoms with Crippen LogP contribution in [0.15, 0.2) is 28.7 Å². The van der Waals surface area contributed by atoms with E-state index in [4.69, 9.17) is 5.73 Å². The van der Waals surface area contributed by atoms with E-state index in [9.17, 15) is 4.79 Å². The van der Waals surface area contributed by atoms with Gasteiger partial charge in [-0.15, -0.1) is 0 Å². The number of benzene rings is 1. The Kier molecular flexibility index (Phi) is 4.71. The standard InChI is InChI=1S/C13H19BrN2O/c1-4-13(3,15)12(17)16-9(2)10-7-5-6-8-11(10)14/h5-9H,4,15H2,1-3H3,(H,16,17). The average Bonchev–Trinajstić information content (AvgIpc) is 2.29. The van der Waals surface area contributed by atoms with Gasteiger partial charge in [-0.2, -0.15) is 0 Å². The van der Waals surface area contributed by atoms with Crippen molar-refractivity contribution in [1.29, 1.82) is 0 Å². The van der Waals surface area contributed by atoms with E-state index in [1.54, 1.807) is 6.92 Å². The van der Waals surface area contributed by atoms with Crippen LogP contribution >= 0.6 is 15.9 Å². The van der Waals surface area contributed by atoms with Gasteiger partial charge in [0.05, 0.1) is 11.6 Å². The minimum Gasteiger partial charge on any atom is -0.348 e. The highest BCUT2D eigenvalue weighted by atomic mass is 79.9. The van der Waals surface area contributed by atoms with E-state index in [1.807, 2.05) is 38.1 Å². The molecule has 1 aromatic rings. The Labute approximate surface area is 111 Å². The lowest BCUT2D eigenvalue weighted by Crippen LogP contribution is -2.51. The molecule has 2 atom stereocenters. The first-order chi connectivity index (χ1) is 7.88. The molecule has 0 aromatic heterocycles. The van der Waals surface area contributed by atoms with Gasteiger partial charge in [0.2, 0.25) is 5.91 Å². The smallest absolute Gasteiger partial charge is 0.240 e. The monoisotopic (exact) mass is 298 g/mol. The lowest BCUT2D eigenvalue weighted by atomic mass is 9.98. The van der Waals surface area contributed by atoms with Gasteiger partial charge in [-0.25, -0.2) is 0 Å². The van der Waals surface area contributed by atoms with Gasteiger partial charge in [0.15, 0.2) is 0 Å². The third kappa shape index (κ3) is 3.54. The van der Waals surface area contributed by atoms with Gasteiger partial charge in [-0.3, -0.25) is 4.79 Å². The highest BCUT2D eigenvalue weighted by molar-refractivity contribution is 9.10. The van der Waals surface area contributed by atoms with Crippen molar-refractivity contribution in [3.05, 3.63) is 34.3 Å². The molecule has 0 saturated carbocycles. The summed E-state index contributed by atoms with van der Waals surface area (Å²) in [5, 5.41) is 2.93. The number of rotatable bonds is 4. The third-order valence-corrected chi connectivity index (χ3v) is 3.69. The highest BCUT2D eigenvalue weighted by Crippen LogP contribution is 2.23. The second-order valence-corrected chi connectivity index (χ2v) is 5.34. The number of amides is 1. The van der Waals surface area contributed by atoms with Crippen molar-refractivity contribution in [3.63, 3.8) is 0 Å². The van der Waals surface area contributed by atoms with Crippen molar-refractivity contribution in [2.75, 3.05) is 0 Å². The summed E-state index contributed by atoms with van der Waals surface area (Å²) in [7, 11) is 0. The molecule has 17 heavy (non-hydrogen) atoms. The Bertz CT molecular complexity index is 404. The largest absolute Gasteiger partial charge is 0.348 e. The maximum absolute atomic E-state index is 11.9. The summed E-state index contributed by atoms with van der Waals surface area (Å²) in [4.78, 5) is 11.9. The molecule has 0 fully saturated rings. The third-order valence-electron chi connectivity index (χ3n) is 2.97. The van der Waals surface area contributed by atoms with Crippen molar-refractivity contribution in [2.45, 2.75) is 38.8 Å². The number of hydrogen-bond acceptors (Lipinski definition) is 2. The molecule has 1 amide bonds. The van der Waals surface area contributed by atoms with E-state index in [1.165, 1.54) is 0 Å². The van der Waals surface area contributed by atoms with Gasteiger partial charge in [-0.05, 0) is 31.9 Å². The first-order valence-electron chi connectivity index (χ1n) is 5.72. The first kappa shape index (κ1) is 14.2. The van der Waals surface area contributed by atoms with Gasteiger partial charge in [0.1, 0.15) is 0 Å². The summed E-state index contributed by atoms with van der Waals surface area (Å²) in [6.45, 7) is 5.60. The second kappa shape index (κ2) is 5.65. The number of hydrogen-bond donors (Lipinski definition) is 2. The van der Waals surface area contributed by atoms with Crippen LogP contribution in [0.2, 0.25) is 0 Å². The minimum atomic E-state index is -0.810. The van der Waals surface area contributed by atoms with E-state index in [0.29, 0.717) is 6.42 Å². The topological polar surface area (TPSA) is 55.1 Å². The van der Waals surface area contributed by atoms with Crippen LogP contribution in [-0.4, -0.2) is 11.4 Å². The molecule has 4 heteroatoms. The summed E-state index contributed by atoms with van der Waals surface area (Å²) >= 11 is 3.47. The summed E-state index contributed by atoms with van der Waals surface area (Å²) in [6.07, 6.45) is 0.613. The molecular weight excluding hydrogens is 280 g/mol. The van der Waals surface area contributed by atoms with Crippen LogP contribution < -0.4 is 11.1 Å². The predicted molar refractivity (Wildman–Crippen MR) is 73.6 cm³/mol. The van der Waals surface area contributed by atoms with Crippen molar-refractivity contribution >= 4 is 21.8 Å². The normalized spacial score (nSPS) is 16.1. The predicted octanol–water partition coefficient (Wildman–Crippen LogP) is 2.75. The second-order valence-electron chi connectivity index (χ2n) is 4.49. The molecule has 0 radical (unpaired) electrons. The van der Waals surface area contributed by atoms with Gasteiger partial charge in [-0.1, -0.05) is 41.1 Å². The van der Waals surface area contributed by atoms with Gasteiger partial charge < -0.3 is 11.1 Å². The Morgan fingerprint density at radius 1 is 1.53 bits per heavy atom. The highest BCUT2D eigenvalue weighted by Gasteiger charge is 2.27. The average molecular weight is 299 g/mol. The van der Waals surface area contributed by atoms with Crippen LogP contribution in [0.4, 0.5) is 0 Å². The molecule has 0 aliphatic rings. The van der Waals surface area contributed by atoms with E-state index in [0.717, 1.165) is 10.0 Å². The van der Waals surface area contributed by atoms with Crippen LogP contribution in [0, 0.1) is 0 Å². The summed E-state index contributed by atoms with van der Waals surface area (Å²) in [5.74, 6) is -0.122. The zero-order chi connectivity index (χ0) is 13.1. The van der Waals surface area contributed by atoms with Gasteiger partial charge in [0, 0.05) is 4.47 Å². The Balaban J connectivity index is 2.77. The zero-order valence-corrected chi connectivity index (χ0v) is 12.0. The molecule has 3 nitrogen and oxygen atoms in total. The Morgan fingerprint density at radius 2 is 2.12 bits per heavy atom. The number of halogens is 1. The van der Waals surface area contributed by atoms with E-state index >= 15 is 0 Å². The lowest BCUT2D eigenvalue weighted by Gasteiger charge is -2.25. The molecule has 1 rings (SSSR count). The van der Waals surface area contributed by atoms with Crippen molar-refractivity contribution in [1.82, 2.24) is 5.32 Å². The lowest BCUT2D eigenvalue weighted by molar-refractivity contribution is -0.126. The fraction of sp³-hybridized carbons (Fsp3) is 0.462. The molecule has 1 aromatic carbocycles. The number of nitrogens with one attached hydrogen (secondary N) is 1. The SMILES string of the molecule is CCC(C)(N)C(=O)NC(C)c1ccccc1Br. The maximum Gasteiger partial charge on any atom is 0.240 e. The molecule has 2 unspecified atom stereocenters. The number of carbonyl (C=O) groups excluding carboxylic acids is 1. The van der Waals surface area contributed by atoms with Gasteiger partial charge in [0.25, 0.3) is 0 Å². The molecule has 0 saturated heterocycles. The summed E-state index contributed by atoms with van der Waals surface area (Å²) in [6, 6.07) is 7.77. The van der Waals surface area contributed by atoms with Crippen LogP contribution in [0.3, 0.4) is 0 Å². The summed E-state index contributed by atoms with van der Waals surface area (Å²) in [5.41, 5.74) is 6.14. The van der Waals surface area contributed by atoms with Crippen LogP contribution in [0.25, 0.3) is 0 Å². The Morgan fingerprint density at radius 3 is 2.65 bits per heavy atom. The maximum atomic E-state index is 11.9. The molecule has 0 aliphatic heterocycles. The molecule has 0 bridgehead atoms. The van der Waals surface area contributed by atoms with E-state index in [-0.39, 0.29) is 11.9 Å². The van der Waals surface area contributed by atoms with Crippen molar-refractivity contribution in [3.8, 4) is 0 Å². The van der Waals surface area contributed by atoms with Crippen molar-refractivity contribution < 1.29 is 4.79 Å². The zero-order valence-electron chi connectivity index (χ0n) is 10.5. The van der Waals surface area contributed by atoms with E-state index < -0.39 is 5.54 Å². The fourth-order valence-electron chi connectivity index (χ4n) is 1.43. The Hall–Kier alpha value is -0.870. The van der Waals surface area contributed by atoms with Crippen LogP contribution in [0.5, 0.6) is 0 Å². The van der Waals surface area contributed by atoms with Crippen LogP contribution in [-0.2, 0) is 4.79 Å². The molecule has 94 valence electrons.